The third kappa shape index (κ3) is 29.9. The molecule has 0 unspecified atom stereocenters. The SMILES string of the molecule is CC(=O)C=C(C)O.CC(=O)C=C(C)O.CC(=O)C=C(C)O.CC(=O)C=C(C)O.CC1(C)c2ccccc2-c2c[c-]c(-c3ccc4ccccc4n3)cc21.CC1(C)c2ccccc2-c2c[c-]c(-c3nccc4ccccc34)cc21.[Ir].[Ir].[Ir].[Ir].[Ir].[c-]1ccccc1-c1ccc2ccccc2n1.[c-]1ccccc1-c1ccc2ccccc2n1.[c-]1ccccc1-c1nccc2ccccc12. The van der Waals surface area contributed by atoms with Gasteiger partial charge in [0.05, 0.1) is 39.6 Å². The number of pyridine rings is 5. The summed E-state index contributed by atoms with van der Waals surface area (Å²) in [6.07, 6.45) is 8.40. The second-order valence-corrected chi connectivity index (χ2v) is 31.0. The van der Waals surface area contributed by atoms with Crippen LogP contribution in [0, 0.1) is 30.3 Å². The predicted octanol–water partition coefficient (Wildman–Crippen LogP) is 27.3. The Morgan fingerprint density at radius 1 is 0.275 bits per heavy atom. The fraction of sp³-hybridized carbons (Fsp3) is 0.124. The molecule has 0 saturated carbocycles. The zero-order valence-electron chi connectivity index (χ0n) is 74.3. The maximum Gasteiger partial charge on any atom is 0.155 e. The number of benzene rings is 12. The van der Waals surface area contributed by atoms with E-state index in [0.717, 1.165) is 72.8 Å². The van der Waals surface area contributed by atoms with E-state index in [1.807, 2.05) is 164 Å². The number of aliphatic hydroxyl groups excluding tert-OH is 4. The molecule has 19 rings (SSSR count). The fourth-order valence-corrected chi connectivity index (χ4v) is 14.7. The Kier molecular flexibility index (Phi) is 42.7. The largest absolute Gasteiger partial charge is 0.512 e. The first-order chi connectivity index (χ1) is 60.6. The third-order valence-electron chi connectivity index (χ3n) is 20.3. The minimum atomic E-state index is -0.125. The summed E-state index contributed by atoms with van der Waals surface area (Å²) >= 11 is 0. The van der Waals surface area contributed by atoms with Crippen molar-refractivity contribution in [3.05, 3.63) is 428 Å². The minimum Gasteiger partial charge on any atom is -0.512 e. The van der Waals surface area contributed by atoms with E-state index in [9.17, 15) is 19.2 Å². The summed E-state index contributed by atoms with van der Waals surface area (Å²) < 4.78 is 0. The first-order valence-electron chi connectivity index (χ1n) is 41.1. The molecule has 2 aliphatic carbocycles. The molecule has 673 valence electrons. The summed E-state index contributed by atoms with van der Waals surface area (Å²) in [4.78, 5) is 63.3. The number of rotatable bonds is 9. The van der Waals surface area contributed by atoms with Gasteiger partial charge in [0.25, 0.3) is 0 Å². The number of carbonyl (C=O) groups is 4. The van der Waals surface area contributed by atoms with Gasteiger partial charge in [-0.05, 0) is 174 Å². The zero-order chi connectivity index (χ0) is 89.9. The Morgan fingerprint density at radius 2 is 0.557 bits per heavy atom. The Morgan fingerprint density at radius 3 is 0.885 bits per heavy atom. The number of fused-ring (bicyclic) bond motifs is 11. The normalized spacial score (nSPS) is 11.8. The standard InChI is InChI=1S/2C24H18N.3C15H10N.4C5H8O2.5Ir/c1-24(2)20-9-5-4-8-18(20)19-13-11-17(15-21(19)24)23-14-12-16-7-3-6-10-22(16)25-23;1-24(2)21-10-6-5-9-19(21)20-12-11-17(15-22(20)24)23-18-8-4-3-7-16(18)13-14-25-23;1-2-7-13(8-3-1)15-14-9-5-4-6-12(14)10-11-16-15;2*1-2-6-12(7-3-1)15-11-10-13-8-4-5-9-14(13)16-15;4*1-4(6)3-5(2)7;;;;;/h2*3-10,12-15H,1-2H3;1-7,9-11H;2*1-6,8-11H;4*3,6H,1-2H3;;;;;/q5*-1;;;;;;;;;. The second kappa shape index (κ2) is 52.0. The van der Waals surface area contributed by atoms with Gasteiger partial charge in [-0.15, -0.1) is 166 Å². The number of allylic oxidation sites excluding steroid dienone is 8. The number of aromatic nitrogens is 5. The van der Waals surface area contributed by atoms with E-state index in [1.54, 1.807) is 0 Å². The van der Waals surface area contributed by atoms with Crippen LogP contribution in [0.5, 0.6) is 0 Å². The van der Waals surface area contributed by atoms with Gasteiger partial charge in [0.2, 0.25) is 0 Å². The number of hydrogen-bond acceptors (Lipinski definition) is 13. The molecule has 5 aromatic heterocycles. The average Bonchev–Trinajstić information content (AvgIpc) is 1.58. The molecule has 12 aromatic carbocycles. The van der Waals surface area contributed by atoms with Gasteiger partial charge in [-0.25, -0.2) is 0 Å². The van der Waals surface area contributed by atoms with Crippen LogP contribution in [0.25, 0.3) is 133 Å². The van der Waals surface area contributed by atoms with E-state index in [-0.39, 0.29) is 158 Å². The second-order valence-electron chi connectivity index (χ2n) is 31.0. The minimum absolute atomic E-state index is 0. The fourth-order valence-electron chi connectivity index (χ4n) is 14.7. The molecule has 0 atom stereocenters. The molecule has 0 bridgehead atoms. The van der Waals surface area contributed by atoms with Crippen molar-refractivity contribution in [2.24, 2.45) is 0 Å². The maximum absolute atomic E-state index is 10.0. The number of para-hydroxylation sites is 3. The van der Waals surface area contributed by atoms with Gasteiger partial charge < -0.3 is 30.4 Å². The Balaban J connectivity index is 0.000000235. The van der Waals surface area contributed by atoms with Crippen molar-refractivity contribution < 1.29 is 140 Å². The van der Waals surface area contributed by atoms with Crippen LogP contribution in [-0.4, -0.2) is 68.5 Å². The van der Waals surface area contributed by atoms with Gasteiger partial charge in [0.1, 0.15) is 0 Å². The summed E-state index contributed by atoms with van der Waals surface area (Å²) in [5.41, 5.74) is 24.0. The summed E-state index contributed by atoms with van der Waals surface area (Å²) in [6, 6.07) is 124. The van der Waals surface area contributed by atoms with Crippen LogP contribution < -0.4 is 0 Å². The Bertz CT molecular complexity index is 6590. The van der Waals surface area contributed by atoms with Crippen LogP contribution in [0.3, 0.4) is 0 Å². The molecule has 0 amide bonds. The molecule has 0 aliphatic heterocycles. The summed E-state index contributed by atoms with van der Waals surface area (Å²) in [5.74, 6) is -0.250. The molecule has 0 spiro atoms. The van der Waals surface area contributed by atoms with Crippen LogP contribution in [0.2, 0.25) is 0 Å². The molecule has 131 heavy (non-hydrogen) atoms. The molecule has 0 fully saturated rings. The van der Waals surface area contributed by atoms with E-state index in [4.69, 9.17) is 25.4 Å². The van der Waals surface area contributed by atoms with Gasteiger partial charge in [-0.1, -0.05) is 238 Å². The smallest absolute Gasteiger partial charge is 0.155 e. The van der Waals surface area contributed by atoms with E-state index in [1.165, 1.54) is 162 Å². The van der Waals surface area contributed by atoms with Crippen molar-refractivity contribution in [1.29, 1.82) is 0 Å². The van der Waals surface area contributed by atoms with E-state index in [2.05, 4.69) is 242 Å². The molecule has 2 aliphatic rings. The van der Waals surface area contributed by atoms with Crippen LogP contribution in [0.4, 0.5) is 0 Å². The van der Waals surface area contributed by atoms with E-state index >= 15 is 0 Å². The van der Waals surface area contributed by atoms with Crippen molar-refractivity contribution in [3.63, 3.8) is 0 Å². The van der Waals surface area contributed by atoms with Crippen LogP contribution in [0.15, 0.2) is 375 Å². The van der Waals surface area contributed by atoms with Gasteiger partial charge in [0, 0.05) is 137 Å². The van der Waals surface area contributed by atoms with Crippen molar-refractivity contribution in [2.45, 2.75) is 93.9 Å². The first kappa shape index (κ1) is 108. The monoisotopic (exact) mass is 2620 g/mol. The molecule has 5 heterocycles. The van der Waals surface area contributed by atoms with Gasteiger partial charge >= 0.3 is 0 Å². The average molecular weight is 2620 g/mol. The summed E-state index contributed by atoms with van der Waals surface area (Å²) in [5, 5.41) is 41.7. The summed E-state index contributed by atoms with van der Waals surface area (Å²) in [6.45, 7) is 20.6. The third-order valence-corrected chi connectivity index (χ3v) is 20.3. The van der Waals surface area contributed by atoms with Crippen molar-refractivity contribution in [3.8, 4) is 78.5 Å². The Labute approximate surface area is 835 Å². The molecule has 18 heteroatoms. The van der Waals surface area contributed by atoms with Crippen molar-refractivity contribution >= 4 is 77.4 Å². The molecular formula is C113H98Ir5N5O8-5. The molecule has 13 nitrogen and oxygen atoms in total. The maximum atomic E-state index is 10.0. The first-order valence-corrected chi connectivity index (χ1v) is 41.1. The number of nitrogens with zero attached hydrogens (tertiary/aromatic N) is 5. The molecular weight excluding hydrogens is 2520 g/mol. The van der Waals surface area contributed by atoms with Crippen molar-refractivity contribution in [1.82, 2.24) is 24.9 Å². The number of ketones is 4. The number of carbonyl (C=O) groups excluding carboxylic acids is 4. The van der Waals surface area contributed by atoms with Gasteiger partial charge in [-0.3, -0.25) is 34.1 Å². The van der Waals surface area contributed by atoms with Crippen LogP contribution in [0.1, 0.15) is 105 Å². The number of hydrogen-bond donors (Lipinski definition) is 4. The predicted molar refractivity (Wildman–Crippen MR) is 513 cm³/mol. The van der Waals surface area contributed by atoms with E-state index < -0.39 is 0 Å². The van der Waals surface area contributed by atoms with Gasteiger partial charge in [0.15, 0.2) is 23.1 Å². The Hall–Kier alpha value is -12.2. The van der Waals surface area contributed by atoms with Crippen molar-refractivity contribution in [2.75, 3.05) is 0 Å². The molecule has 0 saturated heterocycles. The molecule has 17 aromatic rings. The molecule has 4 N–H and O–H groups in total. The zero-order valence-corrected chi connectivity index (χ0v) is 86.3. The summed E-state index contributed by atoms with van der Waals surface area (Å²) in [7, 11) is 0. The quantitative estimate of drug-likeness (QED) is 0.0602. The van der Waals surface area contributed by atoms with Gasteiger partial charge in [-0.2, -0.15) is 0 Å². The van der Waals surface area contributed by atoms with Crippen LogP contribution >= 0.6 is 0 Å². The molecule has 5 radical (unpaired) electrons. The topological polar surface area (TPSA) is 214 Å². The number of aliphatic hydroxyl groups is 4. The van der Waals surface area contributed by atoms with E-state index in [0.29, 0.717) is 0 Å². The van der Waals surface area contributed by atoms with Crippen LogP contribution in [-0.2, 0) is 131 Å².